The first-order chi connectivity index (χ1) is 9.00. The van der Waals surface area contributed by atoms with E-state index in [4.69, 9.17) is 5.73 Å². The van der Waals surface area contributed by atoms with Crippen molar-refractivity contribution in [3.8, 4) is 0 Å². The second-order valence-corrected chi connectivity index (χ2v) is 6.16. The summed E-state index contributed by atoms with van der Waals surface area (Å²) in [5.41, 5.74) is 7.56. The maximum atomic E-state index is 11.9. The van der Waals surface area contributed by atoms with Gasteiger partial charge in [0, 0.05) is 31.2 Å². The lowest BCUT2D eigenvalue weighted by atomic mass is 9.89. The maximum absolute atomic E-state index is 11.9. The summed E-state index contributed by atoms with van der Waals surface area (Å²) in [6.07, 6.45) is 0.873. The average molecular weight is 326 g/mol. The number of amides is 1. The highest BCUT2D eigenvalue weighted by Crippen LogP contribution is 2.36. The molecule has 1 heterocycles. The Balaban J connectivity index is 2.19. The molecule has 0 radical (unpaired) electrons. The van der Waals surface area contributed by atoms with Crippen LogP contribution >= 0.6 is 15.9 Å². The number of nitrogens with two attached hydrogens (primary N) is 1. The van der Waals surface area contributed by atoms with E-state index in [2.05, 4.69) is 32.2 Å². The standard InChI is InChI=1S/C14H20BrN3O/c1-14(13(19)17-2)5-6-18(9-14)12-4-3-10(8-16)7-11(12)15/h3-4,7H,5-6,8-9,16H2,1-2H3,(H,17,19). The van der Waals surface area contributed by atoms with E-state index >= 15 is 0 Å². The Hall–Kier alpha value is -1.07. The van der Waals surface area contributed by atoms with Gasteiger partial charge < -0.3 is 16.0 Å². The summed E-state index contributed by atoms with van der Waals surface area (Å²) in [6, 6.07) is 6.16. The highest BCUT2D eigenvalue weighted by molar-refractivity contribution is 9.10. The molecule has 0 spiro atoms. The van der Waals surface area contributed by atoms with Gasteiger partial charge in [0.15, 0.2) is 0 Å². The number of rotatable bonds is 3. The van der Waals surface area contributed by atoms with Crippen LogP contribution in [0.1, 0.15) is 18.9 Å². The Labute approximate surface area is 122 Å². The minimum absolute atomic E-state index is 0.115. The van der Waals surface area contributed by atoms with Crippen LogP contribution in [0.25, 0.3) is 0 Å². The molecule has 0 aromatic heterocycles. The SMILES string of the molecule is CNC(=O)C1(C)CCN(c2ccc(CN)cc2Br)C1. The fourth-order valence-corrected chi connectivity index (χ4v) is 3.26. The summed E-state index contributed by atoms with van der Waals surface area (Å²) in [6.45, 7) is 4.20. The zero-order valence-corrected chi connectivity index (χ0v) is 13.0. The molecule has 3 N–H and O–H groups in total. The summed E-state index contributed by atoms with van der Waals surface area (Å²) in [5.74, 6) is 0.115. The summed E-state index contributed by atoms with van der Waals surface area (Å²) in [7, 11) is 1.70. The van der Waals surface area contributed by atoms with E-state index in [-0.39, 0.29) is 11.3 Å². The lowest BCUT2D eigenvalue weighted by Crippen LogP contribution is -2.39. The quantitative estimate of drug-likeness (QED) is 0.892. The van der Waals surface area contributed by atoms with Gasteiger partial charge >= 0.3 is 0 Å². The van der Waals surface area contributed by atoms with Crippen molar-refractivity contribution in [2.45, 2.75) is 19.9 Å². The minimum Gasteiger partial charge on any atom is -0.370 e. The number of carbonyl (C=O) groups is 1. The van der Waals surface area contributed by atoms with Crippen molar-refractivity contribution in [3.05, 3.63) is 28.2 Å². The van der Waals surface area contributed by atoms with E-state index in [0.717, 1.165) is 35.2 Å². The zero-order valence-electron chi connectivity index (χ0n) is 11.4. The zero-order chi connectivity index (χ0) is 14.0. The van der Waals surface area contributed by atoms with E-state index in [1.54, 1.807) is 7.05 Å². The third kappa shape index (κ3) is 2.77. The topological polar surface area (TPSA) is 58.4 Å². The molecule has 1 atom stereocenters. The fraction of sp³-hybridized carbons (Fsp3) is 0.500. The van der Waals surface area contributed by atoms with Crippen molar-refractivity contribution < 1.29 is 4.79 Å². The predicted molar refractivity (Wildman–Crippen MR) is 81.0 cm³/mol. The summed E-state index contributed by atoms with van der Waals surface area (Å²) < 4.78 is 1.04. The van der Waals surface area contributed by atoms with Crippen LogP contribution in [0.15, 0.2) is 22.7 Å². The fourth-order valence-electron chi connectivity index (χ4n) is 2.59. The lowest BCUT2D eigenvalue weighted by molar-refractivity contribution is -0.128. The van der Waals surface area contributed by atoms with Gasteiger partial charge in [0.05, 0.1) is 11.1 Å². The van der Waals surface area contributed by atoms with E-state index in [1.165, 1.54) is 0 Å². The van der Waals surface area contributed by atoms with Crippen LogP contribution in [-0.4, -0.2) is 26.0 Å². The Kier molecular flexibility index (Phi) is 4.16. The van der Waals surface area contributed by atoms with Crippen LogP contribution in [-0.2, 0) is 11.3 Å². The molecule has 1 aliphatic rings. The van der Waals surface area contributed by atoms with Crippen molar-refractivity contribution in [3.63, 3.8) is 0 Å². The van der Waals surface area contributed by atoms with Crippen LogP contribution in [0.2, 0.25) is 0 Å². The van der Waals surface area contributed by atoms with Crippen molar-refractivity contribution in [2.75, 3.05) is 25.0 Å². The van der Waals surface area contributed by atoms with Gasteiger partial charge in [0.1, 0.15) is 0 Å². The van der Waals surface area contributed by atoms with Crippen molar-refractivity contribution >= 4 is 27.5 Å². The Morgan fingerprint density at radius 1 is 1.58 bits per heavy atom. The number of anilines is 1. The molecular formula is C14H20BrN3O. The van der Waals surface area contributed by atoms with E-state index in [0.29, 0.717) is 6.54 Å². The molecule has 1 aromatic rings. The first-order valence-electron chi connectivity index (χ1n) is 6.46. The number of benzene rings is 1. The largest absolute Gasteiger partial charge is 0.370 e. The van der Waals surface area contributed by atoms with Crippen LogP contribution in [0.5, 0.6) is 0 Å². The number of carbonyl (C=O) groups excluding carboxylic acids is 1. The molecule has 104 valence electrons. The van der Waals surface area contributed by atoms with Crippen LogP contribution < -0.4 is 16.0 Å². The van der Waals surface area contributed by atoms with Gasteiger partial charge in [0.25, 0.3) is 0 Å². The van der Waals surface area contributed by atoms with E-state index in [9.17, 15) is 4.79 Å². The molecule has 1 aromatic carbocycles. The molecule has 0 aliphatic carbocycles. The third-order valence-electron chi connectivity index (χ3n) is 3.84. The molecule has 0 saturated carbocycles. The molecule has 1 fully saturated rings. The highest BCUT2D eigenvalue weighted by Gasteiger charge is 2.40. The van der Waals surface area contributed by atoms with Gasteiger partial charge in [0.2, 0.25) is 5.91 Å². The first kappa shape index (κ1) is 14.3. The molecule has 1 unspecified atom stereocenters. The van der Waals surface area contributed by atoms with Crippen LogP contribution in [0.3, 0.4) is 0 Å². The van der Waals surface area contributed by atoms with Gasteiger partial charge in [-0.3, -0.25) is 4.79 Å². The van der Waals surface area contributed by atoms with E-state index in [1.807, 2.05) is 19.1 Å². The van der Waals surface area contributed by atoms with Gasteiger partial charge in [-0.1, -0.05) is 6.07 Å². The minimum atomic E-state index is -0.305. The molecule has 0 bridgehead atoms. The Morgan fingerprint density at radius 2 is 2.32 bits per heavy atom. The lowest BCUT2D eigenvalue weighted by Gasteiger charge is -2.24. The van der Waals surface area contributed by atoms with E-state index < -0.39 is 0 Å². The van der Waals surface area contributed by atoms with Crippen molar-refractivity contribution in [2.24, 2.45) is 11.1 Å². The monoisotopic (exact) mass is 325 g/mol. The van der Waals surface area contributed by atoms with Gasteiger partial charge in [-0.05, 0) is 47.0 Å². The summed E-state index contributed by atoms with van der Waals surface area (Å²) in [5, 5.41) is 2.76. The number of hydrogen-bond acceptors (Lipinski definition) is 3. The summed E-state index contributed by atoms with van der Waals surface area (Å²) in [4.78, 5) is 14.2. The molecular weight excluding hydrogens is 306 g/mol. The number of nitrogens with zero attached hydrogens (tertiary/aromatic N) is 1. The average Bonchev–Trinajstić information content (AvgIpc) is 2.81. The molecule has 19 heavy (non-hydrogen) atoms. The second kappa shape index (κ2) is 5.51. The van der Waals surface area contributed by atoms with Crippen LogP contribution in [0, 0.1) is 5.41 Å². The number of nitrogens with one attached hydrogen (secondary N) is 1. The van der Waals surface area contributed by atoms with Gasteiger partial charge in [-0.2, -0.15) is 0 Å². The van der Waals surface area contributed by atoms with Gasteiger partial charge in [-0.15, -0.1) is 0 Å². The molecule has 2 rings (SSSR count). The Morgan fingerprint density at radius 3 is 2.89 bits per heavy atom. The Bertz CT molecular complexity index is 492. The number of halogens is 1. The molecule has 1 aliphatic heterocycles. The molecule has 5 heteroatoms. The highest BCUT2D eigenvalue weighted by atomic mass is 79.9. The normalized spacial score (nSPS) is 22.6. The molecule has 4 nitrogen and oxygen atoms in total. The van der Waals surface area contributed by atoms with Crippen molar-refractivity contribution in [1.82, 2.24) is 5.32 Å². The second-order valence-electron chi connectivity index (χ2n) is 5.30. The van der Waals surface area contributed by atoms with Crippen LogP contribution in [0.4, 0.5) is 5.69 Å². The number of hydrogen-bond donors (Lipinski definition) is 2. The third-order valence-corrected chi connectivity index (χ3v) is 4.47. The van der Waals surface area contributed by atoms with Gasteiger partial charge in [-0.25, -0.2) is 0 Å². The predicted octanol–water partition coefficient (Wildman–Crippen LogP) is 1.87. The van der Waals surface area contributed by atoms with Crippen molar-refractivity contribution in [1.29, 1.82) is 0 Å². The first-order valence-corrected chi connectivity index (χ1v) is 7.25. The smallest absolute Gasteiger partial charge is 0.227 e. The molecule has 1 amide bonds. The molecule has 1 saturated heterocycles. The summed E-state index contributed by atoms with van der Waals surface area (Å²) >= 11 is 3.59. The maximum Gasteiger partial charge on any atom is 0.227 e.